The van der Waals surface area contributed by atoms with Gasteiger partial charge in [-0.15, -0.1) is 0 Å². The van der Waals surface area contributed by atoms with E-state index in [0.29, 0.717) is 29.9 Å². The third-order valence-electron chi connectivity index (χ3n) is 5.38. The van der Waals surface area contributed by atoms with Gasteiger partial charge in [-0.3, -0.25) is 9.69 Å². The number of piperazine rings is 1. The number of carbonyl (C=O) groups is 1. The number of carbonyl (C=O) groups excluding carboxylic acids is 1. The summed E-state index contributed by atoms with van der Waals surface area (Å²) in [4.78, 5) is 14.5. The molecular weight excluding hydrogens is 419 g/mol. The molecule has 0 aliphatic carbocycles. The number of amides is 1. The van der Waals surface area contributed by atoms with Crippen molar-refractivity contribution >= 4 is 21.6 Å². The molecule has 2 aromatic carbocycles. The third-order valence-corrected chi connectivity index (χ3v) is 7.52. The minimum Gasteiger partial charge on any atom is -0.325 e. The molecule has 1 aliphatic heterocycles. The Morgan fingerprint density at radius 2 is 1.77 bits per heavy atom. The maximum Gasteiger partial charge on any atom is 0.243 e. The molecule has 2 aromatic rings. The highest BCUT2D eigenvalue weighted by atomic mass is 32.2. The van der Waals surface area contributed by atoms with E-state index in [4.69, 9.17) is 5.26 Å². The average molecular weight is 445 g/mol. The molecule has 0 spiro atoms. The number of nitriles is 1. The zero-order valence-electron chi connectivity index (χ0n) is 17.7. The molecule has 164 valence electrons. The van der Waals surface area contributed by atoms with Gasteiger partial charge in [-0.25, -0.2) is 12.8 Å². The number of hydrogen-bond donors (Lipinski definition) is 1. The summed E-state index contributed by atoms with van der Waals surface area (Å²) in [5.41, 5.74) is 1.19. The summed E-state index contributed by atoms with van der Waals surface area (Å²) in [5, 5.41) is 11.6. The Kier molecular flexibility index (Phi) is 6.74. The highest BCUT2D eigenvalue weighted by Gasteiger charge is 2.38. The zero-order chi connectivity index (χ0) is 22.8. The summed E-state index contributed by atoms with van der Waals surface area (Å²) >= 11 is 0. The Morgan fingerprint density at radius 3 is 2.35 bits per heavy atom. The largest absolute Gasteiger partial charge is 0.325 e. The van der Waals surface area contributed by atoms with Gasteiger partial charge in [0, 0.05) is 36.4 Å². The Labute approximate surface area is 182 Å². The van der Waals surface area contributed by atoms with E-state index in [-0.39, 0.29) is 35.2 Å². The van der Waals surface area contributed by atoms with Crippen molar-refractivity contribution in [2.45, 2.75) is 37.8 Å². The molecule has 0 unspecified atom stereocenters. The van der Waals surface area contributed by atoms with Crippen molar-refractivity contribution in [3.63, 3.8) is 0 Å². The smallest absolute Gasteiger partial charge is 0.243 e. The quantitative estimate of drug-likeness (QED) is 0.765. The van der Waals surface area contributed by atoms with Crippen molar-refractivity contribution in [3.05, 3.63) is 59.4 Å². The fourth-order valence-electron chi connectivity index (χ4n) is 3.98. The van der Waals surface area contributed by atoms with E-state index in [0.717, 1.165) is 0 Å². The lowest BCUT2D eigenvalue weighted by molar-refractivity contribution is -0.118. The monoisotopic (exact) mass is 444 g/mol. The second-order valence-electron chi connectivity index (χ2n) is 7.82. The molecule has 0 aromatic heterocycles. The van der Waals surface area contributed by atoms with E-state index >= 15 is 0 Å². The normalized spacial score (nSPS) is 20.2. The fraction of sp³-hybridized carbons (Fsp3) is 0.364. The molecule has 0 bridgehead atoms. The van der Waals surface area contributed by atoms with Gasteiger partial charge in [0.1, 0.15) is 5.82 Å². The molecule has 0 radical (unpaired) electrons. The maximum atomic E-state index is 13.7. The SMILES string of the molecule is Cc1c(F)cccc1NC(=O)CN1C[C@@H](C)N(S(=O)(=O)c2ccc(C#N)cc2)[C@@H](C)C1. The van der Waals surface area contributed by atoms with Crippen molar-refractivity contribution in [1.29, 1.82) is 5.26 Å². The number of nitrogens with one attached hydrogen (secondary N) is 1. The Morgan fingerprint density at radius 1 is 1.16 bits per heavy atom. The maximum absolute atomic E-state index is 13.7. The lowest BCUT2D eigenvalue weighted by atomic mass is 10.1. The number of halogens is 1. The second-order valence-corrected chi connectivity index (χ2v) is 9.67. The highest BCUT2D eigenvalue weighted by Crippen LogP contribution is 2.26. The molecular formula is C22H25FN4O3S. The van der Waals surface area contributed by atoms with Gasteiger partial charge in [0.15, 0.2) is 0 Å². The van der Waals surface area contributed by atoms with Gasteiger partial charge in [0.05, 0.1) is 23.1 Å². The topological polar surface area (TPSA) is 93.5 Å². The molecule has 1 fully saturated rings. The van der Waals surface area contributed by atoms with Crippen LogP contribution in [0.25, 0.3) is 0 Å². The number of benzene rings is 2. The van der Waals surface area contributed by atoms with Crippen molar-refractivity contribution < 1.29 is 17.6 Å². The van der Waals surface area contributed by atoms with Crippen LogP contribution in [0.3, 0.4) is 0 Å². The van der Waals surface area contributed by atoms with Gasteiger partial charge in [-0.1, -0.05) is 6.07 Å². The van der Waals surface area contributed by atoms with Gasteiger partial charge in [-0.2, -0.15) is 9.57 Å². The summed E-state index contributed by atoms with van der Waals surface area (Å²) in [7, 11) is -3.74. The standard InChI is InChI=1S/C22H25FN4O3S/c1-15-12-26(14-22(28)25-21-6-4-5-20(23)17(21)3)13-16(2)27(15)31(29,30)19-9-7-18(11-24)8-10-19/h4-10,15-16H,12-14H2,1-3H3,(H,25,28)/t15-,16+. The molecule has 2 atom stereocenters. The van der Waals surface area contributed by atoms with E-state index in [1.807, 2.05) is 11.0 Å². The number of rotatable bonds is 5. The predicted molar refractivity (Wildman–Crippen MR) is 115 cm³/mol. The van der Waals surface area contributed by atoms with Gasteiger partial charge >= 0.3 is 0 Å². The molecule has 1 amide bonds. The van der Waals surface area contributed by atoms with E-state index in [9.17, 15) is 17.6 Å². The van der Waals surface area contributed by atoms with Crippen LogP contribution in [-0.2, 0) is 14.8 Å². The number of nitrogens with zero attached hydrogens (tertiary/aromatic N) is 3. The molecule has 9 heteroatoms. The van der Waals surface area contributed by atoms with Crippen LogP contribution in [0, 0.1) is 24.1 Å². The van der Waals surface area contributed by atoms with Gasteiger partial charge < -0.3 is 5.32 Å². The van der Waals surface area contributed by atoms with E-state index in [1.165, 1.54) is 40.7 Å². The van der Waals surface area contributed by atoms with Crippen LogP contribution in [0.15, 0.2) is 47.4 Å². The van der Waals surface area contributed by atoms with Crippen LogP contribution in [0.1, 0.15) is 25.0 Å². The van der Waals surface area contributed by atoms with Crippen molar-refractivity contribution in [2.75, 3.05) is 25.0 Å². The fourth-order valence-corrected chi connectivity index (χ4v) is 5.78. The van der Waals surface area contributed by atoms with Crippen molar-refractivity contribution in [2.24, 2.45) is 0 Å². The zero-order valence-corrected chi connectivity index (χ0v) is 18.5. The number of anilines is 1. The Balaban J connectivity index is 1.68. The summed E-state index contributed by atoms with van der Waals surface area (Å²) in [6, 6.07) is 11.6. The van der Waals surface area contributed by atoms with Crippen LogP contribution < -0.4 is 5.32 Å². The summed E-state index contributed by atoms with van der Waals surface area (Å²) in [6.45, 7) is 6.05. The van der Waals surface area contributed by atoms with Gasteiger partial charge in [0.2, 0.25) is 15.9 Å². The van der Waals surface area contributed by atoms with Crippen LogP contribution >= 0.6 is 0 Å². The molecule has 3 rings (SSSR count). The van der Waals surface area contributed by atoms with Crippen molar-refractivity contribution in [1.82, 2.24) is 9.21 Å². The van der Waals surface area contributed by atoms with Crippen LogP contribution in [0.5, 0.6) is 0 Å². The Bertz CT molecular complexity index is 1100. The first kappa shape index (κ1) is 22.9. The molecule has 31 heavy (non-hydrogen) atoms. The molecule has 1 heterocycles. The van der Waals surface area contributed by atoms with E-state index < -0.39 is 10.0 Å². The molecule has 0 saturated carbocycles. The number of hydrogen-bond acceptors (Lipinski definition) is 5. The van der Waals surface area contributed by atoms with Crippen molar-refractivity contribution in [3.8, 4) is 6.07 Å². The predicted octanol–water partition coefficient (Wildman–Crippen LogP) is 2.73. The molecule has 1 saturated heterocycles. The lowest BCUT2D eigenvalue weighted by Crippen LogP contribution is -2.59. The second kappa shape index (κ2) is 9.14. The molecule has 1 aliphatic rings. The summed E-state index contributed by atoms with van der Waals surface area (Å²) in [6.07, 6.45) is 0. The molecule has 7 nitrogen and oxygen atoms in total. The first-order valence-corrected chi connectivity index (χ1v) is 11.4. The van der Waals surface area contributed by atoms with Crippen LogP contribution in [0.2, 0.25) is 0 Å². The van der Waals surface area contributed by atoms with Gasteiger partial charge in [0.25, 0.3) is 0 Å². The van der Waals surface area contributed by atoms with Crippen LogP contribution in [-0.4, -0.2) is 55.2 Å². The van der Waals surface area contributed by atoms with Gasteiger partial charge in [-0.05, 0) is 57.2 Å². The third kappa shape index (κ3) is 4.93. The lowest BCUT2D eigenvalue weighted by Gasteiger charge is -2.43. The molecule has 1 N–H and O–H groups in total. The Hall–Kier alpha value is -2.80. The first-order chi connectivity index (χ1) is 14.6. The number of sulfonamides is 1. The first-order valence-electron chi connectivity index (χ1n) is 9.94. The minimum atomic E-state index is -3.74. The van der Waals surface area contributed by atoms with E-state index in [1.54, 1.807) is 26.8 Å². The highest BCUT2D eigenvalue weighted by molar-refractivity contribution is 7.89. The summed E-state index contributed by atoms with van der Waals surface area (Å²) in [5.74, 6) is -0.668. The van der Waals surface area contributed by atoms with E-state index in [2.05, 4.69) is 5.32 Å². The average Bonchev–Trinajstić information content (AvgIpc) is 2.70. The summed E-state index contributed by atoms with van der Waals surface area (Å²) < 4.78 is 41.5. The van der Waals surface area contributed by atoms with Crippen LogP contribution in [0.4, 0.5) is 10.1 Å². The minimum absolute atomic E-state index is 0.0788.